The zero-order valence-corrected chi connectivity index (χ0v) is 12.9. The van der Waals surface area contributed by atoms with Gasteiger partial charge >= 0.3 is 0 Å². The molecule has 0 unspecified atom stereocenters. The molecule has 1 rings (SSSR count). The monoisotopic (exact) mass is 283 g/mol. The van der Waals surface area contributed by atoms with E-state index < -0.39 is 0 Å². The zero-order chi connectivity index (χ0) is 13.9. The van der Waals surface area contributed by atoms with Crippen LogP contribution in [0.1, 0.15) is 19.6 Å². The van der Waals surface area contributed by atoms with Gasteiger partial charge in [-0.3, -0.25) is 4.99 Å². The van der Waals surface area contributed by atoms with Crippen molar-refractivity contribution < 1.29 is 4.42 Å². The molecule has 0 saturated carbocycles. The van der Waals surface area contributed by atoms with Gasteiger partial charge in [0.25, 0.3) is 0 Å². The van der Waals surface area contributed by atoms with Gasteiger partial charge in [-0.2, -0.15) is 11.8 Å². The SMILES string of the molecule is CSCCNC(=NCC(C)C)NCCc1ccco1. The molecule has 1 heterocycles. The Bertz CT molecular complexity index is 350. The molecule has 0 atom stereocenters. The number of nitrogens with one attached hydrogen (secondary N) is 2. The van der Waals surface area contributed by atoms with E-state index in [0.717, 1.165) is 43.5 Å². The fraction of sp³-hybridized carbons (Fsp3) is 0.643. The molecule has 19 heavy (non-hydrogen) atoms. The highest BCUT2D eigenvalue weighted by Gasteiger charge is 2.00. The second-order valence-corrected chi connectivity index (χ2v) is 5.74. The first kappa shape index (κ1) is 16.0. The largest absolute Gasteiger partial charge is 0.469 e. The molecule has 0 fully saturated rings. The van der Waals surface area contributed by atoms with E-state index in [4.69, 9.17) is 4.42 Å². The first-order chi connectivity index (χ1) is 9.22. The van der Waals surface area contributed by atoms with Crippen LogP contribution in [-0.2, 0) is 6.42 Å². The van der Waals surface area contributed by atoms with Crippen molar-refractivity contribution in [1.29, 1.82) is 0 Å². The van der Waals surface area contributed by atoms with Gasteiger partial charge in [-0.1, -0.05) is 13.8 Å². The number of rotatable bonds is 8. The van der Waals surface area contributed by atoms with Crippen LogP contribution in [0.15, 0.2) is 27.8 Å². The molecule has 0 amide bonds. The molecule has 5 heteroatoms. The minimum atomic E-state index is 0.573. The summed E-state index contributed by atoms with van der Waals surface area (Å²) in [7, 11) is 0. The van der Waals surface area contributed by atoms with Crippen molar-refractivity contribution in [2.45, 2.75) is 20.3 Å². The van der Waals surface area contributed by atoms with Crippen LogP contribution in [0.4, 0.5) is 0 Å². The van der Waals surface area contributed by atoms with Crippen LogP contribution in [0.5, 0.6) is 0 Å². The highest BCUT2D eigenvalue weighted by atomic mass is 32.2. The summed E-state index contributed by atoms with van der Waals surface area (Å²) in [5, 5.41) is 6.69. The molecule has 0 radical (unpaired) electrons. The number of hydrogen-bond donors (Lipinski definition) is 2. The van der Waals surface area contributed by atoms with E-state index in [0.29, 0.717) is 5.92 Å². The summed E-state index contributed by atoms with van der Waals surface area (Å²) in [5.41, 5.74) is 0. The average Bonchev–Trinajstić information content (AvgIpc) is 2.88. The second kappa shape index (κ2) is 9.78. The molecule has 4 nitrogen and oxygen atoms in total. The van der Waals surface area contributed by atoms with Gasteiger partial charge in [-0.05, 0) is 24.3 Å². The Morgan fingerprint density at radius 3 is 2.79 bits per heavy atom. The van der Waals surface area contributed by atoms with E-state index in [1.807, 2.05) is 23.9 Å². The van der Waals surface area contributed by atoms with Crippen molar-refractivity contribution in [3.05, 3.63) is 24.2 Å². The molecule has 0 aliphatic carbocycles. The van der Waals surface area contributed by atoms with Crippen molar-refractivity contribution in [3.63, 3.8) is 0 Å². The Kier molecular flexibility index (Phi) is 8.21. The molecule has 1 aromatic rings. The molecule has 0 aliphatic heterocycles. The highest BCUT2D eigenvalue weighted by Crippen LogP contribution is 1.99. The zero-order valence-electron chi connectivity index (χ0n) is 12.1. The Morgan fingerprint density at radius 1 is 1.37 bits per heavy atom. The molecule has 1 aromatic heterocycles. The lowest BCUT2D eigenvalue weighted by molar-refractivity contribution is 0.506. The molecule has 0 bridgehead atoms. The first-order valence-electron chi connectivity index (χ1n) is 6.76. The van der Waals surface area contributed by atoms with E-state index >= 15 is 0 Å². The molecule has 0 aliphatic rings. The summed E-state index contributed by atoms with van der Waals surface area (Å²) in [6.07, 6.45) is 4.69. The molecular formula is C14H25N3OS. The maximum Gasteiger partial charge on any atom is 0.191 e. The van der Waals surface area contributed by atoms with Crippen molar-refractivity contribution in [2.24, 2.45) is 10.9 Å². The molecular weight excluding hydrogens is 258 g/mol. The van der Waals surface area contributed by atoms with Crippen LogP contribution in [-0.4, -0.2) is 37.6 Å². The Hall–Kier alpha value is -1.10. The van der Waals surface area contributed by atoms with E-state index in [1.54, 1.807) is 6.26 Å². The molecule has 0 spiro atoms. The van der Waals surface area contributed by atoms with Crippen LogP contribution in [0.25, 0.3) is 0 Å². The normalized spacial score (nSPS) is 11.9. The summed E-state index contributed by atoms with van der Waals surface area (Å²) < 4.78 is 5.31. The maximum absolute atomic E-state index is 5.31. The highest BCUT2D eigenvalue weighted by molar-refractivity contribution is 7.98. The van der Waals surface area contributed by atoms with Crippen LogP contribution in [0.2, 0.25) is 0 Å². The quantitative estimate of drug-likeness (QED) is 0.437. The number of aliphatic imine (C=N–C) groups is 1. The summed E-state index contributed by atoms with van der Waals surface area (Å²) >= 11 is 1.83. The summed E-state index contributed by atoms with van der Waals surface area (Å²) in [4.78, 5) is 4.57. The third-order valence-corrected chi connectivity index (χ3v) is 3.07. The topological polar surface area (TPSA) is 49.6 Å². The van der Waals surface area contributed by atoms with E-state index in [2.05, 4.69) is 35.7 Å². The van der Waals surface area contributed by atoms with Crippen molar-refractivity contribution in [3.8, 4) is 0 Å². The lowest BCUT2D eigenvalue weighted by Gasteiger charge is -2.12. The van der Waals surface area contributed by atoms with Crippen molar-refractivity contribution in [1.82, 2.24) is 10.6 Å². The average molecular weight is 283 g/mol. The van der Waals surface area contributed by atoms with Gasteiger partial charge in [0.1, 0.15) is 5.76 Å². The predicted molar refractivity (Wildman–Crippen MR) is 83.9 cm³/mol. The first-order valence-corrected chi connectivity index (χ1v) is 8.15. The minimum absolute atomic E-state index is 0.573. The lowest BCUT2D eigenvalue weighted by atomic mass is 10.2. The number of hydrogen-bond acceptors (Lipinski definition) is 3. The summed E-state index contributed by atoms with van der Waals surface area (Å²) in [6.45, 7) is 6.95. The molecule has 2 N–H and O–H groups in total. The fourth-order valence-corrected chi connectivity index (χ4v) is 1.78. The van der Waals surface area contributed by atoms with Crippen LogP contribution in [0, 0.1) is 5.92 Å². The summed E-state index contributed by atoms with van der Waals surface area (Å²) in [5.74, 6) is 3.55. The third-order valence-electron chi connectivity index (χ3n) is 2.46. The molecule has 108 valence electrons. The minimum Gasteiger partial charge on any atom is -0.469 e. The van der Waals surface area contributed by atoms with Crippen LogP contribution >= 0.6 is 11.8 Å². The summed E-state index contributed by atoms with van der Waals surface area (Å²) in [6, 6.07) is 3.91. The van der Waals surface area contributed by atoms with Gasteiger partial charge in [0, 0.05) is 31.8 Å². The van der Waals surface area contributed by atoms with Gasteiger partial charge < -0.3 is 15.1 Å². The van der Waals surface area contributed by atoms with Crippen LogP contribution in [0.3, 0.4) is 0 Å². The number of furan rings is 1. The lowest BCUT2D eigenvalue weighted by Crippen LogP contribution is -2.39. The Labute approximate surface area is 120 Å². The fourth-order valence-electron chi connectivity index (χ4n) is 1.48. The smallest absolute Gasteiger partial charge is 0.191 e. The second-order valence-electron chi connectivity index (χ2n) is 4.76. The van der Waals surface area contributed by atoms with Crippen molar-refractivity contribution in [2.75, 3.05) is 31.6 Å². The molecule has 0 saturated heterocycles. The standard InChI is InChI=1S/C14H25N3OS/c1-12(2)11-17-14(16-8-10-19-3)15-7-6-13-5-4-9-18-13/h4-5,9,12H,6-8,10-11H2,1-3H3,(H2,15,16,17). The van der Waals surface area contributed by atoms with Gasteiger partial charge in [0.15, 0.2) is 5.96 Å². The van der Waals surface area contributed by atoms with E-state index in [9.17, 15) is 0 Å². The van der Waals surface area contributed by atoms with Crippen LogP contribution < -0.4 is 10.6 Å². The Balaban J connectivity index is 2.32. The third kappa shape index (κ3) is 7.82. The van der Waals surface area contributed by atoms with Gasteiger partial charge in [0.05, 0.1) is 6.26 Å². The van der Waals surface area contributed by atoms with Gasteiger partial charge in [0.2, 0.25) is 0 Å². The van der Waals surface area contributed by atoms with E-state index in [-0.39, 0.29) is 0 Å². The maximum atomic E-state index is 5.31. The van der Waals surface area contributed by atoms with Gasteiger partial charge in [-0.25, -0.2) is 0 Å². The predicted octanol–water partition coefficient (Wildman–Crippen LogP) is 2.38. The molecule has 0 aromatic carbocycles. The van der Waals surface area contributed by atoms with Gasteiger partial charge in [-0.15, -0.1) is 0 Å². The van der Waals surface area contributed by atoms with Crippen molar-refractivity contribution >= 4 is 17.7 Å². The number of thioether (sulfide) groups is 1. The number of nitrogens with zero attached hydrogens (tertiary/aromatic N) is 1. The van der Waals surface area contributed by atoms with E-state index in [1.165, 1.54) is 0 Å². The Morgan fingerprint density at radius 2 is 2.16 bits per heavy atom. The number of guanidine groups is 1.